The van der Waals surface area contributed by atoms with Crippen LogP contribution in [0.15, 0.2) is 24.3 Å². The molecule has 0 spiro atoms. The van der Waals surface area contributed by atoms with E-state index in [1.165, 1.54) is 33.5 Å². The lowest BCUT2D eigenvalue weighted by Crippen LogP contribution is -2.28. The fourth-order valence-corrected chi connectivity index (χ4v) is 3.03. The summed E-state index contributed by atoms with van der Waals surface area (Å²) >= 11 is 0. The van der Waals surface area contributed by atoms with Crippen molar-refractivity contribution in [3.63, 3.8) is 0 Å². The first-order valence-corrected chi connectivity index (χ1v) is 7.46. The van der Waals surface area contributed by atoms with Crippen LogP contribution in [0.3, 0.4) is 0 Å². The summed E-state index contributed by atoms with van der Waals surface area (Å²) in [6.07, 6.45) is 0. The smallest absolute Gasteiger partial charge is 0.345 e. The maximum absolute atomic E-state index is 12.4. The predicted octanol–water partition coefficient (Wildman–Crippen LogP) is 2.09. The first-order chi connectivity index (χ1) is 11.8. The number of hydrogen-bond acceptors (Lipinski definition) is 7. The van der Waals surface area contributed by atoms with Crippen LogP contribution in [0.4, 0.5) is 0 Å². The van der Waals surface area contributed by atoms with E-state index in [4.69, 9.17) is 18.9 Å². The second-order valence-corrected chi connectivity index (χ2v) is 5.65. The van der Waals surface area contributed by atoms with E-state index in [0.717, 1.165) is 5.56 Å². The molecular weight excluding hydrogens is 328 g/mol. The van der Waals surface area contributed by atoms with Crippen LogP contribution in [-0.2, 0) is 10.5 Å². The summed E-state index contributed by atoms with van der Waals surface area (Å²) in [7, 11) is 4.24. The molecule has 1 unspecified atom stereocenters. The first-order valence-electron chi connectivity index (χ1n) is 7.46. The summed E-state index contributed by atoms with van der Waals surface area (Å²) in [4.78, 5) is 12.4. The molecule has 2 aromatic carbocycles. The number of esters is 1. The lowest BCUT2D eigenvalue weighted by Gasteiger charge is -2.26. The molecule has 0 saturated heterocycles. The second kappa shape index (κ2) is 5.86. The van der Waals surface area contributed by atoms with Crippen molar-refractivity contribution in [3.8, 4) is 23.0 Å². The third kappa shape index (κ3) is 2.44. The molecule has 0 fully saturated rings. The molecule has 2 aromatic rings. The molecule has 2 N–H and O–H groups in total. The molecule has 0 amide bonds. The quantitative estimate of drug-likeness (QED) is 0.819. The van der Waals surface area contributed by atoms with Crippen molar-refractivity contribution < 1.29 is 34.0 Å². The lowest BCUT2D eigenvalue weighted by atomic mass is 9.92. The third-order valence-electron chi connectivity index (χ3n) is 4.10. The average Bonchev–Trinajstić information content (AvgIpc) is 2.84. The largest absolute Gasteiger partial charge is 0.508 e. The standard InChI is InChI=1S/C18H18O7/c1-9-5-12(16(24-4)14(6-9)23-3)18(21)11-7-10(19)8-13(22-2)15(11)17(20)25-18/h5-8,19,21H,1-4H3. The third-order valence-corrected chi connectivity index (χ3v) is 4.10. The molecule has 7 nitrogen and oxygen atoms in total. The molecule has 1 aliphatic heterocycles. The van der Waals surface area contributed by atoms with Gasteiger partial charge in [-0.25, -0.2) is 4.79 Å². The van der Waals surface area contributed by atoms with Gasteiger partial charge in [0.15, 0.2) is 11.5 Å². The number of cyclic esters (lactones) is 1. The molecule has 1 heterocycles. The van der Waals surface area contributed by atoms with Gasteiger partial charge in [-0.05, 0) is 30.7 Å². The maximum atomic E-state index is 12.4. The van der Waals surface area contributed by atoms with Crippen molar-refractivity contribution in [3.05, 3.63) is 46.5 Å². The summed E-state index contributed by atoms with van der Waals surface area (Å²) in [5.74, 6) is -2.39. The molecular formula is C18H18O7. The van der Waals surface area contributed by atoms with E-state index >= 15 is 0 Å². The Labute approximate surface area is 144 Å². The van der Waals surface area contributed by atoms with Crippen LogP contribution in [0.1, 0.15) is 27.0 Å². The lowest BCUT2D eigenvalue weighted by molar-refractivity contribution is -0.130. The Morgan fingerprint density at radius 3 is 2.24 bits per heavy atom. The summed E-state index contributed by atoms with van der Waals surface area (Å²) in [6, 6.07) is 5.89. The van der Waals surface area contributed by atoms with Crippen molar-refractivity contribution in [1.29, 1.82) is 0 Å². The highest BCUT2D eigenvalue weighted by Crippen LogP contribution is 2.49. The minimum atomic E-state index is -2.15. The van der Waals surface area contributed by atoms with Gasteiger partial charge in [0.05, 0.1) is 32.5 Å². The fraction of sp³-hybridized carbons (Fsp3) is 0.278. The van der Waals surface area contributed by atoms with Crippen LogP contribution in [-0.4, -0.2) is 37.5 Å². The number of carbonyl (C=O) groups is 1. The molecule has 1 aliphatic rings. The van der Waals surface area contributed by atoms with Gasteiger partial charge in [-0.2, -0.15) is 0 Å². The molecule has 25 heavy (non-hydrogen) atoms. The summed E-state index contributed by atoms with van der Waals surface area (Å²) < 4.78 is 21.1. The van der Waals surface area contributed by atoms with Gasteiger partial charge >= 0.3 is 5.97 Å². The van der Waals surface area contributed by atoms with Crippen molar-refractivity contribution in [2.45, 2.75) is 12.7 Å². The highest BCUT2D eigenvalue weighted by atomic mass is 16.7. The van der Waals surface area contributed by atoms with Crippen LogP contribution < -0.4 is 14.2 Å². The topological polar surface area (TPSA) is 94.5 Å². The van der Waals surface area contributed by atoms with Gasteiger partial charge in [0.2, 0.25) is 0 Å². The van der Waals surface area contributed by atoms with Gasteiger partial charge in [-0.3, -0.25) is 0 Å². The molecule has 0 bridgehead atoms. The first kappa shape index (κ1) is 16.9. The highest BCUT2D eigenvalue weighted by molar-refractivity contribution is 5.98. The Hall–Kier alpha value is -2.93. The van der Waals surface area contributed by atoms with Crippen LogP contribution in [0.2, 0.25) is 0 Å². The molecule has 7 heteroatoms. The normalized spacial score (nSPS) is 18.5. The Bertz CT molecular complexity index is 859. The number of phenols is 1. The number of benzene rings is 2. The van der Waals surface area contributed by atoms with E-state index in [1.807, 2.05) is 0 Å². The number of rotatable bonds is 4. The van der Waals surface area contributed by atoms with Crippen LogP contribution in [0.5, 0.6) is 23.0 Å². The molecule has 0 aromatic heterocycles. The number of ether oxygens (including phenoxy) is 4. The molecule has 132 valence electrons. The Morgan fingerprint density at radius 1 is 0.960 bits per heavy atom. The molecule has 0 aliphatic carbocycles. The van der Waals surface area contributed by atoms with E-state index < -0.39 is 11.8 Å². The number of aromatic hydroxyl groups is 1. The van der Waals surface area contributed by atoms with Gasteiger partial charge in [0.25, 0.3) is 5.79 Å². The minimum Gasteiger partial charge on any atom is -0.508 e. The van der Waals surface area contributed by atoms with Crippen molar-refractivity contribution >= 4 is 5.97 Å². The zero-order valence-corrected chi connectivity index (χ0v) is 14.2. The van der Waals surface area contributed by atoms with Crippen LogP contribution >= 0.6 is 0 Å². The fourth-order valence-electron chi connectivity index (χ4n) is 3.03. The van der Waals surface area contributed by atoms with E-state index in [1.54, 1.807) is 19.1 Å². The van der Waals surface area contributed by atoms with Gasteiger partial charge < -0.3 is 29.2 Å². The van der Waals surface area contributed by atoms with Crippen LogP contribution in [0, 0.1) is 6.92 Å². The SMILES string of the molecule is COc1cc(C)cc(C2(O)OC(=O)c3c(OC)cc(O)cc32)c1OC. The number of carbonyl (C=O) groups excluding carboxylic acids is 1. The van der Waals surface area contributed by atoms with Crippen molar-refractivity contribution in [2.24, 2.45) is 0 Å². The number of fused-ring (bicyclic) bond motifs is 1. The number of hydrogen-bond donors (Lipinski definition) is 2. The summed E-state index contributed by atoms with van der Waals surface area (Å²) in [5, 5.41) is 21.2. The molecule has 0 saturated carbocycles. The van der Waals surface area contributed by atoms with Crippen molar-refractivity contribution in [2.75, 3.05) is 21.3 Å². The Morgan fingerprint density at radius 2 is 1.64 bits per heavy atom. The Kier molecular flexibility index (Phi) is 3.96. The summed E-state index contributed by atoms with van der Waals surface area (Å²) in [6.45, 7) is 1.80. The van der Waals surface area contributed by atoms with E-state index in [-0.39, 0.29) is 33.9 Å². The second-order valence-electron chi connectivity index (χ2n) is 5.65. The van der Waals surface area contributed by atoms with Crippen molar-refractivity contribution in [1.82, 2.24) is 0 Å². The minimum absolute atomic E-state index is 0.0466. The average molecular weight is 346 g/mol. The van der Waals surface area contributed by atoms with Gasteiger partial charge in [0, 0.05) is 6.07 Å². The summed E-state index contributed by atoms with van der Waals surface area (Å²) in [5.41, 5.74) is 1.06. The molecule has 0 radical (unpaired) electrons. The van der Waals surface area contributed by atoms with Crippen LogP contribution in [0.25, 0.3) is 0 Å². The number of phenolic OH excluding ortho intramolecular Hbond substituents is 1. The van der Waals surface area contributed by atoms with E-state index in [9.17, 15) is 15.0 Å². The Balaban J connectivity index is 2.33. The maximum Gasteiger partial charge on any atom is 0.345 e. The monoisotopic (exact) mass is 346 g/mol. The predicted molar refractivity (Wildman–Crippen MR) is 87.4 cm³/mol. The number of aliphatic hydroxyl groups is 1. The van der Waals surface area contributed by atoms with E-state index in [2.05, 4.69) is 0 Å². The molecule has 1 atom stereocenters. The van der Waals surface area contributed by atoms with E-state index in [0.29, 0.717) is 5.75 Å². The molecule has 3 rings (SSSR count). The zero-order chi connectivity index (χ0) is 18.4. The van der Waals surface area contributed by atoms with Gasteiger partial charge in [-0.1, -0.05) is 0 Å². The van der Waals surface area contributed by atoms with Gasteiger partial charge in [-0.15, -0.1) is 0 Å². The number of methoxy groups -OCH3 is 3. The van der Waals surface area contributed by atoms with Gasteiger partial charge in [0.1, 0.15) is 17.1 Å². The zero-order valence-electron chi connectivity index (χ0n) is 14.2. The number of aryl methyl sites for hydroxylation is 1. The highest BCUT2D eigenvalue weighted by Gasteiger charge is 2.50.